The maximum Gasteiger partial charge on any atom is 0.0303 e. The molecule has 0 aliphatic heterocycles. The van der Waals surface area contributed by atoms with E-state index in [1.54, 1.807) is 0 Å². The van der Waals surface area contributed by atoms with E-state index in [0.717, 1.165) is 12.8 Å². The summed E-state index contributed by atoms with van der Waals surface area (Å²) in [7, 11) is 0. The van der Waals surface area contributed by atoms with Gasteiger partial charge in [-0.2, -0.15) is 0 Å². The van der Waals surface area contributed by atoms with Gasteiger partial charge < -0.3 is 5.73 Å². The fourth-order valence-corrected chi connectivity index (χ4v) is 2.53. The second-order valence-corrected chi connectivity index (χ2v) is 5.01. The molecule has 0 radical (unpaired) electrons. The van der Waals surface area contributed by atoms with Crippen LogP contribution in [0.2, 0.25) is 0 Å². The van der Waals surface area contributed by atoms with Crippen molar-refractivity contribution in [2.75, 3.05) is 0 Å². The van der Waals surface area contributed by atoms with Crippen LogP contribution in [0.4, 0.5) is 0 Å². The van der Waals surface area contributed by atoms with Gasteiger partial charge in [-0.1, -0.05) is 6.08 Å². The molecule has 1 heteroatoms. The van der Waals surface area contributed by atoms with Crippen LogP contribution in [-0.4, -0.2) is 0 Å². The van der Waals surface area contributed by atoms with Gasteiger partial charge in [-0.3, -0.25) is 0 Å². The highest BCUT2D eigenvalue weighted by molar-refractivity contribution is 5.50. The average Bonchev–Trinajstić information content (AvgIpc) is 2.31. The molecule has 0 saturated heterocycles. The molecule has 0 aliphatic rings. The van der Waals surface area contributed by atoms with E-state index in [9.17, 15) is 0 Å². The van der Waals surface area contributed by atoms with Gasteiger partial charge in [0, 0.05) is 6.04 Å². The van der Waals surface area contributed by atoms with E-state index >= 15 is 0 Å². The first-order valence-electron chi connectivity index (χ1n) is 6.35. The van der Waals surface area contributed by atoms with Crippen LogP contribution >= 0.6 is 0 Å². The Labute approximate surface area is 106 Å². The van der Waals surface area contributed by atoms with Crippen LogP contribution < -0.4 is 5.73 Å². The first-order valence-corrected chi connectivity index (χ1v) is 6.35. The standard InChI is InChI=1S/C16H25N/c1-7-8-9-15(17)16-13(5)11(3)10(2)12(4)14(16)6/h7,15H,1,8-9,17H2,2-6H3/t15-/m0/s1. The van der Waals surface area contributed by atoms with Gasteiger partial charge >= 0.3 is 0 Å². The van der Waals surface area contributed by atoms with Crippen LogP contribution in [0.15, 0.2) is 12.7 Å². The van der Waals surface area contributed by atoms with Crippen molar-refractivity contribution in [1.82, 2.24) is 0 Å². The van der Waals surface area contributed by atoms with Gasteiger partial charge in [0.25, 0.3) is 0 Å². The zero-order valence-electron chi connectivity index (χ0n) is 11.9. The highest BCUT2D eigenvalue weighted by atomic mass is 14.6. The Morgan fingerprint density at radius 3 is 1.76 bits per heavy atom. The molecule has 0 saturated carbocycles. The lowest BCUT2D eigenvalue weighted by molar-refractivity contribution is 0.651. The predicted molar refractivity (Wildman–Crippen MR) is 76.5 cm³/mol. The number of rotatable bonds is 4. The van der Waals surface area contributed by atoms with E-state index < -0.39 is 0 Å². The second kappa shape index (κ2) is 5.50. The summed E-state index contributed by atoms with van der Waals surface area (Å²) in [6.45, 7) is 14.7. The van der Waals surface area contributed by atoms with Gasteiger partial charge in [0.2, 0.25) is 0 Å². The molecule has 0 fully saturated rings. The molecule has 0 spiro atoms. The molecule has 0 amide bonds. The Balaban J connectivity index is 3.28. The van der Waals surface area contributed by atoms with Crippen molar-refractivity contribution in [2.45, 2.75) is 53.5 Å². The zero-order chi connectivity index (χ0) is 13.2. The van der Waals surface area contributed by atoms with Crippen LogP contribution in [-0.2, 0) is 0 Å². The third-order valence-corrected chi connectivity index (χ3v) is 4.11. The van der Waals surface area contributed by atoms with Crippen molar-refractivity contribution in [3.8, 4) is 0 Å². The topological polar surface area (TPSA) is 26.0 Å². The van der Waals surface area contributed by atoms with Crippen molar-refractivity contribution in [2.24, 2.45) is 5.73 Å². The number of allylic oxidation sites excluding steroid dienone is 1. The van der Waals surface area contributed by atoms with Gasteiger partial charge in [0.1, 0.15) is 0 Å². The molecule has 1 nitrogen and oxygen atoms in total. The highest BCUT2D eigenvalue weighted by Crippen LogP contribution is 2.31. The summed E-state index contributed by atoms with van der Waals surface area (Å²) in [6, 6.07) is 0.131. The summed E-state index contributed by atoms with van der Waals surface area (Å²) in [4.78, 5) is 0. The Kier molecular flexibility index (Phi) is 4.53. The normalized spacial score (nSPS) is 12.6. The monoisotopic (exact) mass is 231 g/mol. The molecular formula is C16H25N. The molecule has 0 aromatic heterocycles. The number of hydrogen-bond acceptors (Lipinski definition) is 1. The lowest BCUT2D eigenvalue weighted by Gasteiger charge is -2.23. The largest absolute Gasteiger partial charge is 0.324 e. The fraction of sp³-hybridized carbons (Fsp3) is 0.500. The molecular weight excluding hydrogens is 206 g/mol. The lowest BCUT2D eigenvalue weighted by atomic mass is 9.85. The lowest BCUT2D eigenvalue weighted by Crippen LogP contribution is -2.15. The van der Waals surface area contributed by atoms with Gasteiger partial charge in [-0.15, -0.1) is 6.58 Å². The summed E-state index contributed by atoms with van der Waals surface area (Å²) in [5.41, 5.74) is 14.6. The Hall–Kier alpha value is -1.08. The molecule has 0 bridgehead atoms. The number of hydrogen-bond donors (Lipinski definition) is 1. The SMILES string of the molecule is C=CCC[C@H](N)c1c(C)c(C)c(C)c(C)c1C. The van der Waals surface area contributed by atoms with E-state index in [4.69, 9.17) is 5.73 Å². The molecule has 0 aliphatic carbocycles. The van der Waals surface area contributed by atoms with Crippen LogP contribution in [0.5, 0.6) is 0 Å². The van der Waals surface area contributed by atoms with Crippen LogP contribution in [0.1, 0.15) is 52.3 Å². The van der Waals surface area contributed by atoms with E-state index in [0.29, 0.717) is 0 Å². The molecule has 17 heavy (non-hydrogen) atoms. The first kappa shape index (κ1) is 14.0. The van der Waals surface area contributed by atoms with Crippen LogP contribution in [0, 0.1) is 34.6 Å². The highest BCUT2D eigenvalue weighted by Gasteiger charge is 2.16. The molecule has 2 N–H and O–H groups in total. The van der Waals surface area contributed by atoms with Crippen molar-refractivity contribution in [3.05, 3.63) is 46.0 Å². The second-order valence-electron chi connectivity index (χ2n) is 5.01. The minimum atomic E-state index is 0.131. The molecule has 1 aromatic rings. The maximum atomic E-state index is 6.32. The Bertz CT molecular complexity index is 401. The summed E-state index contributed by atoms with van der Waals surface area (Å²) >= 11 is 0. The Morgan fingerprint density at radius 2 is 1.35 bits per heavy atom. The molecule has 94 valence electrons. The predicted octanol–water partition coefficient (Wildman–Crippen LogP) is 4.19. The molecule has 1 rings (SSSR count). The van der Waals surface area contributed by atoms with Gasteiger partial charge in [0.15, 0.2) is 0 Å². The molecule has 0 unspecified atom stereocenters. The van der Waals surface area contributed by atoms with Gasteiger partial charge in [-0.05, 0) is 80.8 Å². The van der Waals surface area contributed by atoms with Crippen molar-refractivity contribution < 1.29 is 0 Å². The van der Waals surface area contributed by atoms with E-state index in [1.165, 1.54) is 33.4 Å². The van der Waals surface area contributed by atoms with Gasteiger partial charge in [-0.25, -0.2) is 0 Å². The quantitative estimate of drug-likeness (QED) is 0.772. The average molecular weight is 231 g/mol. The maximum absolute atomic E-state index is 6.32. The zero-order valence-corrected chi connectivity index (χ0v) is 11.9. The summed E-state index contributed by atoms with van der Waals surface area (Å²) in [6.07, 6.45) is 3.90. The van der Waals surface area contributed by atoms with Crippen molar-refractivity contribution in [3.63, 3.8) is 0 Å². The van der Waals surface area contributed by atoms with E-state index in [1.807, 2.05) is 6.08 Å². The van der Waals surface area contributed by atoms with Crippen molar-refractivity contribution >= 4 is 0 Å². The first-order chi connectivity index (χ1) is 7.91. The fourth-order valence-electron chi connectivity index (χ4n) is 2.53. The van der Waals surface area contributed by atoms with Crippen LogP contribution in [0.25, 0.3) is 0 Å². The number of nitrogens with two attached hydrogens (primary N) is 1. The number of benzene rings is 1. The third kappa shape index (κ3) is 2.61. The van der Waals surface area contributed by atoms with E-state index in [-0.39, 0.29) is 6.04 Å². The van der Waals surface area contributed by atoms with Crippen molar-refractivity contribution in [1.29, 1.82) is 0 Å². The van der Waals surface area contributed by atoms with Gasteiger partial charge in [0.05, 0.1) is 0 Å². The minimum Gasteiger partial charge on any atom is -0.324 e. The molecule has 0 heterocycles. The van der Waals surface area contributed by atoms with E-state index in [2.05, 4.69) is 41.2 Å². The minimum absolute atomic E-state index is 0.131. The molecule has 1 aromatic carbocycles. The summed E-state index contributed by atoms with van der Waals surface area (Å²) in [5, 5.41) is 0. The Morgan fingerprint density at radius 1 is 0.941 bits per heavy atom. The summed E-state index contributed by atoms with van der Waals surface area (Å²) < 4.78 is 0. The smallest absolute Gasteiger partial charge is 0.0303 e. The third-order valence-electron chi connectivity index (χ3n) is 4.11. The van der Waals surface area contributed by atoms with Crippen LogP contribution in [0.3, 0.4) is 0 Å². The molecule has 1 atom stereocenters. The summed E-state index contributed by atoms with van der Waals surface area (Å²) in [5.74, 6) is 0.